The summed E-state index contributed by atoms with van der Waals surface area (Å²) >= 11 is 6.20. The van der Waals surface area contributed by atoms with E-state index in [1.54, 1.807) is 38.1 Å². The van der Waals surface area contributed by atoms with Crippen LogP contribution in [0.2, 0.25) is 5.02 Å². The number of carbonyl (C=O) groups excluding carboxylic acids is 2. The standard InChI is InChI=1S/C28H24ClN3O5/c1-16-25-21(31-32-27(33)20-13-14-35-17(20)2)9-6-10-24(25)37-26(16)28(34)30-22-15-18(29)11-12-23(22)36-19-7-4-3-5-8-19/h3-5,7-8,11-15H,6,9-10H2,1-2H3,(H,30,34)(H,32,33)/b31-21+. The largest absolute Gasteiger partial charge is 0.469 e. The van der Waals surface area contributed by atoms with Gasteiger partial charge in [0.15, 0.2) is 11.5 Å². The molecule has 5 rings (SSSR count). The normalized spacial score (nSPS) is 13.8. The number of nitrogens with one attached hydrogen (secondary N) is 2. The molecule has 0 spiro atoms. The Hall–Kier alpha value is -4.30. The number of fused-ring (bicyclic) bond motifs is 1. The monoisotopic (exact) mass is 517 g/mol. The van der Waals surface area contributed by atoms with Crippen LogP contribution in [0.4, 0.5) is 5.69 Å². The van der Waals surface area contributed by atoms with E-state index >= 15 is 0 Å². The first kappa shape index (κ1) is 24.4. The van der Waals surface area contributed by atoms with Crippen LogP contribution in [0, 0.1) is 13.8 Å². The number of carbonyl (C=O) groups is 2. The maximum absolute atomic E-state index is 13.3. The number of ether oxygens (including phenoxy) is 1. The Balaban J connectivity index is 1.39. The minimum atomic E-state index is -0.440. The zero-order chi connectivity index (χ0) is 25.9. The lowest BCUT2D eigenvalue weighted by Gasteiger charge is -2.13. The van der Waals surface area contributed by atoms with E-state index in [1.807, 2.05) is 30.3 Å². The van der Waals surface area contributed by atoms with E-state index in [0.29, 0.717) is 63.4 Å². The van der Waals surface area contributed by atoms with Gasteiger partial charge in [0.2, 0.25) is 0 Å². The molecule has 0 radical (unpaired) electrons. The molecule has 0 saturated carbocycles. The lowest BCUT2D eigenvalue weighted by atomic mass is 9.93. The van der Waals surface area contributed by atoms with Gasteiger partial charge in [-0.1, -0.05) is 29.8 Å². The third kappa shape index (κ3) is 5.15. The van der Waals surface area contributed by atoms with Gasteiger partial charge >= 0.3 is 0 Å². The zero-order valence-corrected chi connectivity index (χ0v) is 21.0. The summed E-state index contributed by atoms with van der Waals surface area (Å²) in [4.78, 5) is 25.8. The number of halogens is 1. The number of anilines is 1. The Morgan fingerprint density at radius 3 is 2.59 bits per heavy atom. The van der Waals surface area contributed by atoms with E-state index in [0.717, 1.165) is 12.0 Å². The fourth-order valence-corrected chi connectivity index (χ4v) is 4.45. The molecule has 2 amide bonds. The molecule has 2 aromatic heterocycles. The number of benzene rings is 2. The number of hydrazone groups is 1. The molecule has 0 fully saturated rings. The number of amides is 2. The molecule has 2 heterocycles. The van der Waals surface area contributed by atoms with Gasteiger partial charge in [-0.2, -0.15) is 5.10 Å². The summed E-state index contributed by atoms with van der Waals surface area (Å²) in [7, 11) is 0. The van der Waals surface area contributed by atoms with E-state index in [-0.39, 0.29) is 11.7 Å². The first-order chi connectivity index (χ1) is 17.9. The van der Waals surface area contributed by atoms with Crippen molar-refractivity contribution >= 4 is 34.8 Å². The van der Waals surface area contributed by atoms with Gasteiger partial charge in [0, 0.05) is 22.6 Å². The van der Waals surface area contributed by atoms with Crippen molar-refractivity contribution in [3.63, 3.8) is 0 Å². The van der Waals surface area contributed by atoms with E-state index in [1.165, 1.54) is 6.26 Å². The minimum Gasteiger partial charge on any atom is -0.469 e. The van der Waals surface area contributed by atoms with Gasteiger partial charge in [0.1, 0.15) is 17.3 Å². The second-order valence-electron chi connectivity index (χ2n) is 8.61. The Morgan fingerprint density at radius 2 is 1.84 bits per heavy atom. The highest BCUT2D eigenvalue weighted by Crippen LogP contribution is 2.34. The number of furan rings is 2. The molecule has 1 aliphatic rings. The van der Waals surface area contributed by atoms with Crippen molar-refractivity contribution in [3.05, 3.63) is 99.9 Å². The molecule has 188 valence electrons. The van der Waals surface area contributed by atoms with Crippen LogP contribution in [-0.2, 0) is 6.42 Å². The summed E-state index contributed by atoms with van der Waals surface area (Å²) < 4.78 is 17.1. The van der Waals surface area contributed by atoms with Crippen molar-refractivity contribution < 1.29 is 23.2 Å². The molecule has 37 heavy (non-hydrogen) atoms. The zero-order valence-electron chi connectivity index (χ0n) is 20.3. The van der Waals surface area contributed by atoms with Crippen molar-refractivity contribution in [2.75, 3.05) is 5.32 Å². The predicted molar refractivity (Wildman–Crippen MR) is 140 cm³/mol. The van der Waals surface area contributed by atoms with Crippen molar-refractivity contribution in [2.24, 2.45) is 5.10 Å². The van der Waals surface area contributed by atoms with Crippen LogP contribution >= 0.6 is 11.6 Å². The van der Waals surface area contributed by atoms with Gasteiger partial charge in [0.05, 0.1) is 23.2 Å². The Bertz CT molecular complexity index is 1500. The molecular formula is C28H24ClN3O5. The lowest BCUT2D eigenvalue weighted by molar-refractivity contribution is 0.0952. The smallest absolute Gasteiger partial charge is 0.291 e. The van der Waals surface area contributed by atoms with Crippen LogP contribution in [0.25, 0.3) is 0 Å². The summed E-state index contributed by atoms with van der Waals surface area (Å²) in [6.07, 6.45) is 3.54. The summed E-state index contributed by atoms with van der Waals surface area (Å²) in [5.41, 5.74) is 5.47. The van der Waals surface area contributed by atoms with Crippen LogP contribution in [-0.4, -0.2) is 17.5 Å². The molecule has 0 bridgehead atoms. The number of hydrogen-bond donors (Lipinski definition) is 2. The highest BCUT2D eigenvalue weighted by atomic mass is 35.5. The van der Waals surface area contributed by atoms with E-state index in [4.69, 9.17) is 25.2 Å². The van der Waals surface area contributed by atoms with E-state index in [9.17, 15) is 9.59 Å². The predicted octanol–water partition coefficient (Wildman–Crippen LogP) is 6.66. The van der Waals surface area contributed by atoms with E-state index < -0.39 is 5.91 Å². The summed E-state index contributed by atoms with van der Waals surface area (Å²) in [6, 6.07) is 15.8. The maximum atomic E-state index is 13.3. The van der Waals surface area contributed by atoms with Crippen LogP contribution in [0.3, 0.4) is 0 Å². The molecule has 9 heteroatoms. The second kappa shape index (κ2) is 10.4. The lowest BCUT2D eigenvalue weighted by Crippen LogP contribution is -2.22. The molecule has 2 aromatic carbocycles. The highest BCUT2D eigenvalue weighted by Gasteiger charge is 2.28. The molecule has 0 atom stereocenters. The van der Waals surface area contributed by atoms with Crippen LogP contribution in [0.15, 0.2) is 74.8 Å². The third-order valence-electron chi connectivity index (χ3n) is 6.09. The first-order valence-electron chi connectivity index (χ1n) is 11.8. The van der Waals surface area contributed by atoms with Gasteiger partial charge in [0.25, 0.3) is 11.8 Å². The van der Waals surface area contributed by atoms with E-state index in [2.05, 4.69) is 15.8 Å². The number of hydrogen-bond acceptors (Lipinski definition) is 6. The van der Waals surface area contributed by atoms with Crippen molar-refractivity contribution in [1.29, 1.82) is 0 Å². The Labute approximate surface area is 218 Å². The van der Waals surface area contributed by atoms with Crippen molar-refractivity contribution in [2.45, 2.75) is 33.1 Å². The summed E-state index contributed by atoms with van der Waals surface area (Å²) in [6.45, 7) is 3.52. The molecule has 2 N–H and O–H groups in total. The average molecular weight is 518 g/mol. The fraction of sp³-hybridized carbons (Fsp3) is 0.179. The topological polar surface area (TPSA) is 106 Å². The average Bonchev–Trinajstić information content (AvgIpc) is 3.48. The molecule has 4 aromatic rings. The molecule has 8 nitrogen and oxygen atoms in total. The Morgan fingerprint density at radius 1 is 1.03 bits per heavy atom. The van der Waals surface area contributed by atoms with Crippen molar-refractivity contribution in [1.82, 2.24) is 5.43 Å². The van der Waals surface area contributed by atoms with Gasteiger partial charge in [-0.25, -0.2) is 5.43 Å². The van der Waals surface area contributed by atoms with Gasteiger partial charge in [-0.3, -0.25) is 9.59 Å². The first-order valence-corrected chi connectivity index (χ1v) is 12.2. The minimum absolute atomic E-state index is 0.169. The number of rotatable bonds is 6. The summed E-state index contributed by atoms with van der Waals surface area (Å²) in [5.74, 6) is 1.60. The maximum Gasteiger partial charge on any atom is 0.291 e. The molecule has 0 unspecified atom stereocenters. The van der Waals surface area contributed by atoms with Crippen molar-refractivity contribution in [3.8, 4) is 11.5 Å². The number of para-hydroxylation sites is 1. The molecule has 0 saturated heterocycles. The third-order valence-corrected chi connectivity index (χ3v) is 6.32. The molecule has 0 aliphatic heterocycles. The van der Waals surface area contributed by atoms with Crippen LogP contribution in [0.1, 0.15) is 56.4 Å². The number of aryl methyl sites for hydroxylation is 2. The van der Waals surface area contributed by atoms with Gasteiger partial charge in [-0.05, 0) is 63.1 Å². The van der Waals surface area contributed by atoms with Crippen LogP contribution in [0.5, 0.6) is 11.5 Å². The fourth-order valence-electron chi connectivity index (χ4n) is 4.28. The number of nitrogens with zero attached hydrogens (tertiary/aromatic N) is 1. The van der Waals surface area contributed by atoms with Crippen LogP contribution < -0.4 is 15.5 Å². The SMILES string of the molecule is Cc1occc1C(=O)N/N=C1\CCCc2oc(C(=O)Nc3cc(Cl)ccc3Oc3ccccc3)c(C)c21. The quantitative estimate of drug-likeness (QED) is 0.278. The Kier molecular flexibility index (Phi) is 6.83. The highest BCUT2D eigenvalue weighted by molar-refractivity contribution is 6.31. The molecule has 1 aliphatic carbocycles. The van der Waals surface area contributed by atoms with Gasteiger partial charge in [-0.15, -0.1) is 0 Å². The second-order valence-corrected chi connectivity index (χ2v) is 9.04. The summed E-state index contributed by atoms with van der Waals surface area (Å²) in [5, 5.41) is 7.67. The molecular weight excluding hydrogens is 494 g/mol. The van der Waals surface area contributed by atoms with Gasteiger partial charge < -0.3 is 18.9 Å².